The van der Waals surface area contributed by atoms with Gasteiger partial charge in [0.25, 0.3) is 0 Å². The Hall–Kier alpha value is -3.81. The second-order valence-corrected chi connectivity index (χ2v) is 5.43. The summed E-state index contributed by atoms with van der Waals surface area (Å²) in [6.45, 7) is 1.45. The van der Waals surface area contributed by atoms with E-state index in [4.69, 9.17) is 0 Å². The number of carbonyl (C=O) groups excluding carboxylic acids is 1. The summed E-state index contributed by atoms with van der Waals surface area (Å²) < 4.78 is 0. The number of carbonyl (C=O) groups is 1. The average molecular weight is 349 g/mol. The molecule has 0 radical (unpaired) electrons. The van der Waals surface area contributed by atoms with E-state index in [0.717, 1.165) is 0 Å². The van der Waals surface area contributed by atoms with E-state index in [2.05, 4.69) is 20.6 Å². The number of benzene rings is 2. The van der Waals surface area contributed by atoms with Crippen molar-refractivity contribution in [1.82, 2.24) is 9.97 Å². The fraction of sp³-hybridized carbons (Fsp3) is 0.0556. The molecule has 2 aromatic carbocycles. The summed E-state index contributed by atoms with van der Waals surface area (Å²) in [7, 11) is 0. The van der Waals surface area contributed by atoms with E-state index in [1.165, 1.54) is 13.3 Å². The summed E-state index contributed by atoms with van der Waals surface area (Å²) in [5.74, 6) is 0.00262. The van der Waals surface area contributed by atoms with Gasteiger partial charge in [0.15, 0.2) is 5.78 Å². The van der Waals surface area contributed by atoms with Crippen LogP contribution in [0.3, 0.4) is 0 Å². The van der Waals surface area contributed by atoms with Crippen LogP contribution in [0.25, 0.3) is 0 Å². The number of hydrogen-bond acceptors (Lipinski definition) is 7. The molecule has 130 valence electrons. The Bertz CT molecular complexity index is 960. The van der Waals surface area contributed by atoms with E-state index in [1.807, 2.05) is 18.2 Å². The highest BCUT2D eigenvalue weighted by Gasteiger charge is 2.23. The van der Waals surface area contributed by atoms with Gasteiger partial charge >= 0.3 is 5.69 Å². The third kappa shape index (κ3) is 3.81. The first-order valence-corrected chi connectivity index (χ1v) is 7.74. The zero-order valence-electron chi connectivity index (χ0n) is 13.8. The smallest absolute Gasteiger partial charge is 0.334 e. The fourth-order valence-electron chi connectivity index (χ4n) is 2.35. The number of hydrogen-bond donors (Lipinski definition) is 2. The minimum absolute atomic E-state index is 0.0316. The van der Waals surface area contributed by atoms with Crippen LogP contribution >= 0.6 is 0 Å². The maximum Gasteiger partial charge on any atom is 0.353 e. The molecule has 0 aliphatic carbocycles. The summed E-state index contributed by atoms with van der Waals surface area (Å²) >= 11 is 0. The number of nitrogens with one attached hydrogen (secondary N) is 2. The van der Waals surface area contributed by atoms with Gasteiger partial charge in [-0.05, 0) is 31.2 Å². The molecule has 8 heteroatoms. The van der Waals surface area contributed by atoms with E-state index in [-0.39, 0.29) is 23.1 Å². The lowest BCUT2D eigenvalue weighted by atomic mass is 10.1. The molecule has 0 unspecified atom stereocenters. The Kier molecular flexibility index (Phi) is 4.84. The summed E-state index contributed by atoms with van der Waals surface area (Å²) in [4.78, 5) is 30.5. The van der Waals surface area contributed by atoms with E-state index in [0.29, 0.717) is 16.9 Å². The van der Waals surface area contributed by atoms with Gasteiger partial charge in [-0.3, -0.25) is 14.9 Å². The summed E-state index contributed by atoms with van der Waals surface area (Å²) in [5, 5.41) is 17.4. The average Bonchev–Trinajstić information content (AvgIpc) is 2.62. The normalized spacial score (nSPS) is 10.2. The molecule has 0 bridgehead atoms. The first-order valence-electron chi connectivity index (χ1n) is 7.74. The molecule has 8 nitrogen and oxygen atoms in total. The predicted molar refractivity (Wildman–Crippen MR) is 98.1 cm³/mol. The van der Waals surface area contributed by atoms with Crippen molar-refractivity contribution in [3.8, 4) is 0 Å². The van der Waals surface area contributed by atoms with E-state index in [1.54, 1.807) is 36.4 Å². The molecule has 0 saturated heterocycles. The number of para-hydroxylation sites is 1. The minimum atomic E-state index is -0.553. The molecule has 0 spiro atoms. The summed E-state index contributed by atoms with van der Waals surface area (Å²) in [6.07, 6.45) is 1.23. The summed E-state index contributed by atoms with van der Waals surface area (Å²) in [5.41, 5.74) is 1.39. The Morgan fingerprint density at radius 2 is 1.58 bits per heavy atom. The first-order chi connectivity index (χ1) is 12.5. The monoisotopic (exact) mass is 349 g/mol. The van der Waals surface area contributed by atoms with Crippen LogP contribution in [0.1, 0.15) is 17.3 Å². The van der Waals surface area contributed by atoms with E-state index in [9.17, 15) is 14.9 Å². The quantitative estimate of drug-likeness (QED) is 0.392. The second kappa shape index (κ2) is 7.39. The molecule has 2 N–H and O–H groups in total. The van der Waals surface area contributed by atoms with Crippen LogP contribution in [0.5, 0.6) is 0 Å². The molecule has 0 atom stereocenters. The van der Waals surface area contributed by atoms with Gasteiger partial charge in [0.2, 0.25) is 11.6 Å². The number of nitro groups is 1. The second-order valence-electron chi connectivity index (χ2n) is 5.43. The van der Waals surface area contributed by atoms with Gasteiger partial charge < -0.3 is 10.6 Å². The van der Waals surface area contributed by atoms with Gasteiger partial charge in [-0.25, -0.2) is 9.97 Å². The summed E-state index contributed by atoms with van der Waals surface area (Å²) in [6, 6.07) is 15.7. The van der Waals surface area contributed by atoms with Crippen LogP contribution < -0.4 is 10.6 Å². The number of ketones is 1. The number of nitrogens with zero attached hydrogens (tertiary/aromatic N) is 3. The van der Waals surface area contributed by atoms with Crippen molar-refractivity contribution in [2.75, 3.05) is 10.6 Å². The fourth-order valence-corrected chi connectivity index (χ4v) is 2.35. The van der Waals surface area contributed by atoms with Gasteiger partial charge in [-0.15, -0.1) is 0 Å². The van der Waals surface area contributed by atoms with Crippen molar-refractivity contribution >= 4 is 34.5 Å². The van der Waals surface area contributed by atoms with Gasteiger partial charge in [-0.2, -0.15) is 0 Å². The zero-order valence-corrected chi connectivity index (χ0v) is 13.8. The van der Waals surface area contributed by atoms with Crippen molar-refractivity contribution in [1.29, 1.82) is 0 Å². The Morgan fingerprint density at radius 3 is 2.19 bits per heavy atom. The predicted octanol–water partition coefficient (Wildman–Crippen LogP) is 4.07. The molecule has 0 fully saturated rings. The molecule has 26 heavy (non-hydrogen) atoms. The van der Waals surface area contributed by atoms with Gasteiger partial charge in [0.05, 0.1) is 4.92 Å². The molecule has 0 aliphatic heterocycles. The maximum atomic E-state index is 11.6. The first kappa shape index (κ1) is 17.0. The molecule has 0 aliphatic rings. The molecule has 1 aromatic heterocycles. The van der Waals surface area contributed by atoms with Crippen LogP contribution in [0.2, 0.25) is 0 Å². The van der Waals surface area contributed by atoms with Crippen molar-refractivity contribution in [3.05, 3.63) is 76.6 Å². The number of aromatic nitrogens is 2. The Labute approximate surface area is 149 Å². The third-order valence-corrected chi connectivity index (χ3v) is 3.57. The number of anilines is 4. The molecule has 3 rings (SSSR count). The van der Waals surface area contributed by atoms with Gasteiger partial charge in [0, 0.05) is 16.9 Å². The molecular formula is C18H15N5O3. The largest absolute Gasteiger partial charge is 0.353 e. The highest BCUT2D eigenvalue weighted by molar-refractivity contribution is 5.95. The van der Waals surface area contributed by atoms with Crippen molar-refractivity contribution < 1.29 is 9.72 Å². The molecule has 3 aromatic rings. The highest BCUT2D eigenvalue weighted by atomic mass is 16.6. The lowest BCUT2D eigenvalue weighted by Crippen LogP contribution is -2.05. The Balaban J connectivity index is 1.97. The van der Waals surface area contributed by atoms with Gasteiger partial charge in [0.1, 0.15) is 6.33 Å². The van der Waals surface area contributed by atoms with Crippen LogP contribution in [0, 0.1) is 10.1 Å². The molecular weight excluding hydrogens is 334 g/mol. The maximum absolute atomic E-state index is 11.6. The third-order valence-electron chi connectivity index (χ3n) is 3.57. The van der Waals surface area contributed by atoms with Crippen molar-refractivity contribution in [2.24, 2.45) is 0 Å². The lowest BCUT2D eigenvalue weighted by molar-refractivity contribution is -0.383. The zero-order chi connectivity index (χ0) is 18.5. The Morgan fingerprint density at radius 1 is 0.962 bits per heavy atom. The lowest BCUT2D eigenvalue weighted by Gasteiger charge is -2.10. The van der Waals surface area contributed by atoms with Crippen LogP contribution in [0.4, 0.5) is 28.7 Å². The molecule has 0 amide bonds. The topological polar surface area (TPSA) is 110 Å². The standard InChI is InChI=1S/C18H15N5O3/c1-12(24)13-6-5-9-15(10-13)22-18-16(23(25)26)17(19-11-20-18)21-14-7-3-2-4-8-14/h2-11H,1H3,(H2,19,20,21,22). The molecule has 0 saturated carbocycles. The number of rotatable bonds is 6. The van der Waals surface area contributed by atoms with Crippen molar-refractivity contribution in [2.45, 2.75) is 6.92 Å². The number of Topliss-reactive ketones (excluding diaryl/α,β-unsaturated/α-hetero) is 1. The van der Waals surface area contributed by atoms with Crippen LogP contribution in [0.15, 0.2) is 60.9 Å². The minimum Gasteiger partial charge on any atom is -0.334 e. The van der Waals surface area contributed by atoms with Crippen LogP contribution in [-0.2, 0) is 0 Å². The van der Waals surface area contributed by atoms with Crippen LogP contribution in [-0.4, -0.2) is 20.7 Å². The van der Waals surface area contributed by atoms with E-state index < -0.39 is 4.92 Å². The molecule has 1 heterocycles. The van der Waals surface area contributed by atoms with E-state index >= 15 is 0 Å². The highest BCUT2D eigenvalue weighted by Crippen LogP contribution is 2.32. The SMILES string of the molecule is CC(=O)c1cccc(Nc2ncnc(Nc3ccccc3)c2[N+](=O)[O-])c1. The van der Waals surface area contributed by atoms with Gasteiger partial charge in [-0.1, -0.05) is 30.3 Å². The van der Waals surface area contributed by atoms with Crippen molar-refractivity contribution in [3.63, 3.8) is 0 Å².